The third-order valence-corrected chi connectivity index (χ3v) is 3.50. The molecule has 0 heterocycles. The summed E-state index contributed by atoms with van der Waals surface area (Å²) in [5.74, 6) is -0.187. The molecule has 1 nitrogen and oxygen atoms in total. The molecule has 19 heavy (non-hydrogen) atoms. The van der Waals surface area contributed by atoms with Gasteiger partial charge in [0.1, 0.15) is 5.82 Å². The minimum Gasteiger partial charge on any atom is -0.317 e. The molecule has 0 bridgehead atoms. The van der Waals surface area contributed by atoms with E-state index in [1.807, 2.05) is 20.0 Å². The molecule has 0 aliphatic heterocycles. The Morgan fingerprint density at radius 1 is 1.11 bits per heavy atom. The number of aryl methyl sites for hydroxylation is 1. The maximum atomic E-state index is 13.3. The van der Waals surface area contributed by atoms with Gasteiger partial charge in [0, 0.05) is 6.04 Å². The highest BCUT2D eigenvalue weighted by atomic mass is 19.1. The summed E-state index contributed by atoms with van der Waals surface area (Å²) < 4.78 is 13.3. The summed E-state index contributed by atoms with van der Waals surface area (Å²) in [6.45, 7) is 4.16. The van der Waals surface area contributed by atoms with E-state index in [9.17, 15) is 4.39 Å². The number of halogens is 1. The van der Waals surface area contributed by atoms with E-state index in [4.69, 9.17) is 0 Å². The van der Waals surface area contributed by atoms with Gasteiger partial charge in [-0.15, -0.1) is 0 Å². The van der Waals surface area contributed by atoms with Gasteiger partial charge in [-0.25, -0.2) is 4.39 Å². The standard InChI is InChI=1S/C17H20FN/c1-12-4-9-16(18)11-17(12)15-7-5-14(6-8-15)10-13(2)19-3/h4-9,11,13,19H,10H2,1-3H3. The fourth-order valence-corrected chi connectivity index (χ4v) is 2.18. The van der Waals surface area contributed by atoms with Gasteiger partial charge < -0.3 is 5.32 Å². The van der Waals surface area contributed by atoms with Crippen LogP contribution in [0.4, 0.5) is 4.39 Å². The summed E-state index contributed by atoms with van der Waals surface area (Å²) in [6, 6.07) is 13.8. The molecule has 100 valence electrons. The Kier molecular flexibility index (Phi) is 4.33. The maximum Gasteiger partial charge on any atom is 0.123 e. The highest BCUT2D eigenvalue weighted by Gasteiger charge is 2.05. The predicted octanol–water partition coefficient (Wildman–Crippen LogP) is 3.95. The van der Waals surface area contributed by atoms with Crippen LogP contribution in [0.1, 0.15) is 18.1 Å². The van der Waals surface area contributed by atoms with Crippen molar-refractivity contribution in [1.82, 2.24) is 5.32 Å². The van der Waals surface area contributed by atoms with Crippen molar-refractivity contribution in [1.29, 1.82) is 0 Å². The van der Waals surface area contributed by atoms with Crippen LogP contribution in [0.2, 0.25) is 0 Å². The molecule has 1 unspecified atom stereocenters. The lowest BCUT2D eigenvalue weighted by Crippen LogP contribution is -2.23. The first-order chi connectivity index (χ1) is 9.10. The topological polar surface area (TPSA) is 12.0 Å². The molecule has 0 saturated carbocycles. The monoisotopic (exact) mass is 257 g/mol. The summed E-state index contributed by atoms with van der Waals surface area (Å²) in [4.78, 5) is 0. The number of likely N-dealkylation sites (N-methyl/N-ethyl adjacent to an activating group) is 1. The normalized spacial score (nSPS) is 12.4. The molecule has 0 amide bonds. The Morgan fingerprint density at radius 3 is 2.42 bits per heavy atom. The smallest absolute Gasteiger partial charge is 0.123 e. The van der Waals surface area contributed by atoms with Crippen molar-refractivity contribution >= 4 is 0 Å². The van der Waals surface area contributed by atoms with Crippen LogP contribution in [0.3, 0.4) is 0 Å². The van der Waals surface area contributed by atoms with Gasteiger partial charge in [-0.1, -0.05) is 30.3 Å². The van der Waals surface area contributed by atoms with Gasteiger partial charge >= 0.3 is 0 Å². The number of benzene rings is 2. The van der Waals surface area contributed by atoms with Crippen molar-refractivity contribution in [3.63, 3.8) is 0 Å². The van der Waals surface area contributed by atoms with Crippen LogP contribution in [0.25, 0.3) is 11.1 Å². The molecule has 0 aliphatic rings. The molecule has 0 aromatic heterocycles. The van der Waals surface area contributed by atoms with Gasteiger partial charge in [-0.05, 0) is 61.7 Å². The summed E-state index contributed by atoms with van der Waals surface area (Å²) in [5.41, 5.74) is 4.42. The highest BCUT2D eigenvalue weighted by Crippen LogP contribution is 2.24. The zero-order chi connectivity index (χ0) is 13.8. The van der Waals surface area contributed by atoms with E-state index in [0.29, 0.717) is 6.04 Å². The van der Waals surface area contributed by atoms with Gasteiger partial charge in [0.25, 0.3) is 0 Å². The quantitative estimate of drug-likeness (QED) is 0.874. The minimum atomic E-state index is -0.187. The maximum absolute atomic E-state index is 13.3. The van der Waals surface area contributed by atoms with Gasteiger partial charge in [-0.2, -0.15) is 0 Å². The molecule has 1 atom stereocenters. The average molecular weight is 257 g/mol. The molecular formula is C17H20FN. The second kappa shape index (κ2) is 5.98. The highest BCUT2D eigenvalue weighted by molar-refractivity contribution is 5.67. The minimum absolute atomic E-state index is 0.187. The third-order valence-electron chi connectivity index (χ3n) is 3.50. The summed E-state index contributed by atoms with van der Waals surface area (Å²) in [7, 11) is 1.97. The molecule has 2 aromatic carbocycles. The lowest BCUT2D eigenvalue weighted by atomic mass is 9.98. The Morgan fingerprint density at radius 2 is 1.79 bits per heavy atom. The van der Waals surface area contributed by atoms with E-state index in [-0.39, 0.29) is 5.82 Å². The van der Waals surface area contributed by atoms with Gasteiger partial charge in [0.05, 0.1) is 0 Å². The Hall–Kier alpha value is -1.67. The molecule has 0 radical (unpaired) electrons. The molecule has 2 heteroatoms. The van der Waals surface area contributed by atoms with Crippen molar-refractivity contribution in [3.05, 3.63) is 59.4 Å². The molecule has 0 aliphatic carbocycles. The fraction of sp³-hybridized carbons (Fsp3) is 0.294. The van der Waals surface area contributed by atoms with E-state index < -0.39 is 0 Å². The van der Waals surface area contributed by atoms with E-state index in [1.165, 1.54) is 11.6 Å². The molecule has 0 spiro atoms. The number of hydrogen-bond acceptors (Lipinski definition) is 1. The first kappa shape index (κ1) is 13.8. The lowest BCUT2D eigenvalue weighted by Gasteiger charge is -2.11. The van der Waals surface area contributed by atoms with Crippen LogP contribution in [0.15, 0.2) is 42.5 Å². The molecule has 0 saturated heterocycles. The van der Waals surface area contributed by atoms with Crippen molar-refractivity contribution in [2.45, 2.75) is 26.3 Å². The first-order valence-corrected chi connectivity index (χ1v) is 6.63. The van der Waals surface area contributed by atoms with Gasteiger partial charge in [-0.3, -0.25) is 0 Å². The van der Waals surface area contributed by atoms with Crippen LogP contribution in [-0.4, -0.2) is 13.1 Å². The SMILES string of the molecule is CNC(C)Cc1ccc(-c2cc(F)ccc2C)cc1. The molecule has 2 aromatic rings. The number of nitrogens with one attached hydrogen (secondary N) is 1. The van der Waals surface area contributed by atoms with E-state index in [0.717, 1.165) is 23.1 Å². The van der Waals surface area contributed by atoms with E-state index in [1.54, 1.807) is 6.07 Å². The molecular weight excluding hydrogens is 237 g/mol. The van der Waals surface area contributed by atoms with Crippen LogP contribution in [0, 0.1) is 12.7 Å². The Bertz CT molecular complexity index is 546. The summed E-state index contributed by atoms with van der Waals surface area (Å²) in [5, 5.41) is 3.23. The van der Waals surface area contributed by atoms with Crippen LogP contribution < -0.4 is 5.32 Å². The average Bonchev–Trinajstić information content (AvgIpc) is 2.42. The predicted molar refractivity (Wildman–Crippen MR) is 78.8 cm³/mol. The van der Waals surface area contributed by atoms with E-state index in [2.05, 4.69) is 36.5 Å². The van der Waals surface area contributed by atoms with Crippen molar-refractivity contribution in [2.75, 3.05) is 7.05 Å². The fourth-order valence-electron chi connectivity index (χ4n) is 2.18. The molecule has 1 N–H and O–H groups in total. The first-order valence-electron chi connectivity index (χ1n) is 6.63. The lowest BCUT2D eigenvalue weighted by molar-refractivity contribution is 0.608. The van der Waals surface area contributed by atoms with Crippen LogP contribution in [0.5, 0.6) is 0 Å². The Balaban J connectivity index is 2.25. The number of hydrogen-bond donors (Lipinski definition) is 1. The van der Waals surface area contributed by atoms with E-state index >= 15 is 0 Å². The van der Waals surface area contributed by atoms with Crippen molar-refractivity contribution < 1.29 is 4.39 Å². The summed E-state index contributed by atoms with van der Waals surface area (Å²) in [6.07, 6.45) is 0.999. The molecule has 2 rings (SSSR count). The van der Waals surface area contributed by atoms with Crippen LogP contribution >= 0.6 is 0 Å². The third kappa shape index (κ3) is 3.42. The Labute approximate surface area is 114 Å². The second-order valence-electron chi connectivity index (χ2n) is 5.05. The van der Waals surface area contributed by atoms with Gasteiger partial charge in [0.2, 0.25) is 0 Å². The number of rotatable bonds is 4. The van der Waals surface area contributed by atoms with Crippen molar-refractivity contribution in [3.8, 4) is 11.1 Å². The second-order valence-corrected chi connectivity index (χ2v) is 5.05. The summed E-state index contributed by atoms with van der Waals surface area (Å²) >= 11 is 0. The van der Waals surface area contributed by atoms with Crippen molar-refractivity contribution in [2.24, 2.45) is 0 Å². The zero-order valence-electron chi connectivity index (χ0n) is 11.7. The largest absolute Gasteiger partial charge is 0.317 e. The molecule has 0 fully saturated rings. The van der Waals surface area contributed by atoms with Gasteiger partial charge in [0.15, 0.2) is 0 Å². The van der Waals surface area contributed by atoms with Crippen LogP contribution in [-0.2, 0) is 6.42 Å². The zero-order valence-corrected chi connectivity index (χ0v) is 11.7.